The number of benzene rings is 2. The zero-order valence-electron chi connectivity index (χ0n) is 18.5. The fourth-order valence-corrected chi connectivity index (χ4v) is 4.39. The van der Waals surface area contributed by atoms with Crippen LogP contribution in [0, 0.1) is 0 Å². The van der Waals surface area contributed by atoms with E-state index in [1.165, 1.54) is 11.4 Å². The van der Waals surface area contributed by atoms with Gasteiger partial charge >= 0.3 is 0 Å². The molecule has 9 nitrogen and oxygen atoms in total. The summed E-state index contributed by atoms with van der Waals surface area (Å²) < 4.78 is 25.7. The van der Waals surface area contributed by atoms with Gasteiger partial charge in [-0.2, -0.15) is 0 Å². The van der Waals surface area contributed by atoms with Crippen LogP contribution < -0.4 is 10.6 Å². The predicted molar refractivity (Wildman–Crippen MR) is 130 cm³/mol. The van der Waals surface area contributed by atoms with E-state index in [-0.39, 0.29) is 12.5 Å². The summed E-state index contributed by atoms with van der Waals surface area (Å²) in [4.78, 5) is 16.2. The summed E-state index contributed by atoms with van der Waals surface area (Å²) in [5.41, 5.74) is 6.18. The summed E-state index contributed by atoms with van der Waals surface area (Å²) in [6.45, 7) is 0.251. The smallest absolute Gasteiger partial charge is 0.245 e. The van der Waals surface area contributed by atoms with Crippen LogP contribution in [0.1, 0.15) is 24.0 Å². The Bertz CT molecular complexity index is 1400. The van der Waals surface area contributed by atoms with Gasteiger partial charge in [0.05, 0.1) is 17.4 Å². The number of amides is 1. The highest BCUT2D eigenvalue weighted by atomic mass is 32.2. The molecule has 0 spiro atoms. The minimum atomic E-state index is -2.31. The average molecular weight is 476 g/mol. The maximum atomic E-state index is 11.8. The number of anilines is 3. The normalized spacial score (nSPS) is 14.5. The quantitative estimate of drug-likeness (QED) is 0.412. The van der Waals surface area contributed by atoms with Crippen LogP contribution in [0.25, 0.3) is 16.8 Å². The van der Waals surface area contributed by atoms with Crippen LogP contribution in [0.3, 0.4) is 0 Å². The van der Waals surface area contributed by atoms with Gasteiger partial charge in [-0.1, -0.05) is 24.3 Å². The lowest BCUT2D eigenvalue weighted by molar-refractivity contribution is -0.116. The van der Waals surface area contributed by atoms with Crippen molar-refractivity contribution in [1.82, 2.24) is 18.9 Å². The number of carbonyl (C=O) groups excluding carboxylic acids is 1. The molecular formula is C24H23N6O3S-. The molecule has 0 radical (unpaired) electrons. The molecule has 2 N–H and O–H groups in total. The molecule has 34 heavy (non-hydrogen) atoms. The van der Waals surface area contributed by atoms with Gasteiger partial charge in [-0.05, 0) is 61.3 Å². The summed E-state index contributed by atoms with van der Waals surface area (Å²) in [5, 5.41) is 10.9. The maximum absolute atomic E-state index is 11.8. The maximum Gasteiger partial charge on any atom is 0.245 e. The van der Waals surface area contributed by atoms with Gasteiger partial charge in [-0.25, -0.2) is 13.8 Å². The summed E-state index contributed by atoms with van der Waals surface area (Å²) in [7, 11) is 1.53. The van der Waals surface area contributed by atoms with Crippen LogP contribution >= 0.6 is 0 Å². The third-order valence-electron chi connectivity index (χ3n) is 5.82. The number of aromatic nitrogens is 3. The SMILES string of the molecule is CN(Cc1ccccc1-c1ccc2cnc(Nc3ccc4c(c3)CCCC(=O)N4)nn12)S(=O)[O-]. The van der Waals surface area contributed by atoms with E-state index in [1.54, 1.807) is 10.7 Å². The summed E-state index contributed by atoms with van der Waals surface area (Å²) in [6.07, 6.45) is 3.90. The molecule has 174 valence electrons. The van der Waals surface area contributed by atoms with Crippen molar-refractivity contribution in [3.63, 3.8) is 0 Å². The summed E-state index contributed by atoms with van der Waals surface area (Å²) >= 11 is -2.31. The van der Waals surface area contributed by atoms with E-state index in [9.17, 15) is 13.6 Å². The molecule has 0 bridgehead atoms. The molecule has 2 aromatic carbocycles. The highest BCUT2D eigenvalue weighted by molar-refractivity contribution is 7.76. The Morgan fingerprint density at radius 1 is 1.18 bits per heavy atom. The summed E-state index contributed by atoms with van der Waals surface area (Å²) in [5.74, 6) is 0.471. The lowest BCUT2D eigenvalue weighted by Crippen LogP contribution is -2.20. The van der Waals surface area contributed by atoms with Gasteiger partial charge in [0, 0.05) is 41.2 Å². The Morgan fingerprint density at radius 2 is 2.03 bits per heavy atom. The minimum absolute atomic E-state index is 0.0429. The molecule has 3 heterocycles. The predicted octanol–water partition coefficient (Wildman–Crippen LogP) is 3.64. The van der Waals surface area contributed by atoms with Crippen molar-refractivity contribution in [3.8, 4) is 11.3 Å². The van der Waals surface area contributed by atoms with Gasteiger partial charge in [0.25, 0.3) is 0 Å². The van der Waals surface area contributed by atoms with E-state index < -0.39 is 11.3 Å². The van der Waals surface area contributed by atoms with Crippen molar-refractivity contribution >= 4 is 40.0 Å². The van der Waals surface area contributed by atoms with Crippen LogP contribution in [0.15, 0.2) is 60.8 Å². The number of nitrogens with one attached hydrogen (secondary N) is 2. The largest absolute Gasteiger partial charge is 0.760 e. The third kappa shape index (κ3) is 4.56. The highest BCUT2D eigenvalue weighted by Gasteiger charge is 2.15. The molecule has 5 rings (SSSR count). The number of rotatable bonds is 6. The standard InChI is InChI=1S/C24H24N6O3S/c1-29(34(32)33)15-17-5-2-3-7-20(17)22-12-10-19-14-25-24(28-30(19)22)26-18-9-11-21-16(13-18)6-4-8-23(31)27-21/h2-3,5,7,9-14H,4,6,8,15H2,1H3,(H,26,28)(H,27,31)(H,32,33)/p-1. The second-order valence-electron chi connectivity index (χ2n) is 8.20. The van der Waals surface area contributed by atoms with E-state index in [4.69, 9.17) is 5.10 Å². The molecule has 1 aliphatic heterocycles. The second kappa shape index (κ2) is 9.34. The number of fused-ring (bicyclic) bond motifs is 2. The van der Waals surface area contributed by atoms with Crippen molar-refractivity contribution in [3.05, 3.63) is 71.9 Å². The van der Waals surface area contributed by atoms with Crippen molar-refractivity contribution in [2.75, 3.05) is 17.7 Å². The first-order valence-electron chi connectivity index (χ1n) is 10.9. The first-order chi connectivity index (χ1) is 16.5. The zero-order valence-corrected chi connectivity index (χ0v) is 19.3. The van der Waals surface area contributed by atoms with Crippen LogP contribution in [-0.2, 0) is 29.0 Å². The molecule has 4 aromatic rings. The van der Waals surface area contributed by atoms with E-state index in [1.807, 2.05) is 54.6 Å². The van der Waals surface area contributed by atoms with Crippen molar-refractivity contribution in [2.24, 2.45) is 0 Å². The molecule has 0 fully saturated rings. The Hall–Kier alpha value is -3.60. The topological polar surface area (TPSA) is 115 Å². The number of hydrogen-bond donors (Lipinski definition) is 2. The fourth-order valence-electron chi connectivity index (χ4n) is 4.15. The van der Waals surface area contributed by atoms with Gasteiger partial charge in [0.15, 0.2) is 0 Å². The molecule has 1 atom stereocenters. The molecule has 1 aliphatic rings. The van der Waals surface area contributed by atoms with Crippen LogP contribution in [0.5, 0.6) is 0 Å². The lowest BCUT2D eigenvalue weighted by Gasteiger charge is -2.20. The minimum Gasteiger partial charge on any atom is -0.760 e. The zero-order chi connectivity index (χ0) is 23.7. The molecule has 1 unspecified atom stereocenters. The Kier molecular flexibility index (Phi) is 6.10. The van der Waals surface area contributed by atoms with Crippen molar-refractivity contribution in [2.45, 2.75) is 25.8 Å². The van der Waals surface area contributed by atoms with Crippen LogP contribution in [0.4, 0.5) is 17.3 Å². The number of aryl methyl sites for hydroxylation is 1. The molecule has 2 aromatic heterocycles. The molecule has 0 saturated carbocycles. The van der Waals surface area contributed by atoms with Crippen molar-refractivity contribution < 1.29 is 13.6 Å². The number of carbonyl (C=O) groups is 1. The molecule has 1 amide bonds. The second-order valence-corrected chi connectivity index (χ2v) is 9.25. The molecule has 0 aliphatic carbocycles. The molecular weight excluding hydrogens is 452 g/mol. The van der Waals surface area contributed by atoms with E-state index in [2.05, 4.69) is 15.6 Å². The van der Waals surface area contributed by atoms with E-state index in [0.717, 1.165) is 52.1 Å². The number of nitrogens with zero attached hydrogens (tertiary/aromatic N) is 4. The molecule has 10 heteroatoms. The van der Waals surface area contributed by atoms with Gasteiger partial charge in [-0.15, -0.1) is 5.10 Å². The monoisotopic (exact) mass is 475 g/mol. The summed E-state index contributed by atoms with van der Waals surface area (Å²) in [6, 6.07) is 17.3. The number of hydrogen-bond acceptors (Lipinski definition) is 6. The van der Waals surface area contributed by atoms with E-state index in [0.29, 0.717) is 12.4 Å². The Balaban J connectivity index is 1.47. The highest BCUT2D eigenvalue weighted by Crippen LogP contribution is 2.28. The van der Waals surface area contributed by atoms with Crippen LogP contribution in [0.2, 0.25) is 0 Å². The fraction of sp³-hybridized carbons (Fsp3) is 0.208. The first kappa shape index (κ1) is 22.2. The van der Waals surface area contributed by atoms with Gasteiger partial charge < -0.3 is 15.2 Å². The lowest BCUT2D eigenvalue weighted by atomic mass is 10.0. The van der Waals surface area contributed by atoms with Crippen LogP contribution in [-0.4, -0.2) is 40.6 Å². The van der Waals surface area contributed by atoms with Gasteiger partial charge in [0.2, 0.25) is 11.9 Å². The Morgan fingerprint density at radius 3 is 2.88 bits per heavy atom. The van der Waals surface area contributed by atoms with Gasteiger partial charge in [-0.3, -0.25) is 9.00 Å². The van der Waals surface area contributed by atoms with Crippen molar-refractivity contribution in [1.29, 1.82) is 0 Å². The molecule has 0 saturated heterocycles. The average Bonchev–Trinajstić information content (AvgIpc) is 3.14. The first-order valence-corrected chi connectivity index (χ1v) is 11.9. The third-order valence-corrected chi connectivity index (χ3v) is 6.46. The Labute approximate surface area is 199 Å². The van der Waals surface area contributed by atoms with Gasteiger partial charge in [0.1, 0.15) is 0 Å². The van der Waals surface area contributed by atoms with E-state index >= 15 is 0 Å².